The monoisotopic (exact) mass is 294 g/mol. The van der Waals surface area contributed by atoms with E-state index in [2.05, 4.69) is 24.1 Å². The molecule has 0 heterocycles. The largest absolute Gasteiger partial charge is 0.343 e. The lowest BCUT2D eigenvalue weighted by Gasteiger charge is -2.41. The molecule has 0 unspecified atom stereocenters. The van der Waals surface area contributed by atoms with Gasteiger partial charge in [-0.15, -0.1) is 0 Å². The highest BCUT2D eigenvalue weighted by atomic mass is 16.2. The molecule has 21 heavy (non-hydrogen) atoms. The van der Waals surface area contributed by atoms with Crippen molar-refractivity contribution in [2.75, 3.05) is 14.1 Å². The van der Waals surface area contributed by atoms with Crippen LogP contribution in [0.25, 0.3) is 0 Å². The van der Waals surface area contributed by atoms with Gasteiger partial charge < -0.3 is 10.2 Å². The van der Waals surface area contributed by atoms with Crippen molar-refractivity contribution in [3.63, 3.8) is 0 Å². The molecule has 0 aromatic carbocycles. The fraction of sp³-hybridized carbons (Fsp3) is 0.944. The molecule has 1 amide bonds. The lowest BCUT2D eigenvalue weighted by atomic mass is 9.75. The lowest BCUT2D eigenvalue weighted by Crippen LogP contribution is -2.50. The van der Waals surface area contributed by atoms with Crippen LogP contribution in [0.3, 0.4) is 0 Å². The summed E-state index contributed by atoms with van der Waals surface area (Å²) in [6.45, 7) is 4.70. The highest BCUT2D eigenvalue weighted by Gasteiger charge is 2.36. The van der Waals surface area contributed by atoms with Crippen LogP contribution in [0.4, 0.5) is 0 Å². The zero-order valence-corrected chi connectivity index (χ0v) is 14.5. The normalized spacial score (nSPS) is 25.5. The van der Waals surface area contributed by atoms with Gasteiger partial charge in [0.2, 0.25) is 5.91 Å². The summed E-state index contributed by atoms with van der Waals surface area (Å²) >= 11 is 0. The number of amides is 1. The summed E-state index contributed by atoms with van der Waals surface area (Å²) in [6, 6.07) is 0.461. The van der Waals surface area contributed by atoms with Gasteiger partial charge in [-0.2, -0.15) is 0 Å². The summed E-state index contributed by atoms with van der Waals surface area (Å²) in [7, 11) is 4.05. The average Bonchev–Trinajstić information content (AvgIpc) is 2.47. The first-order valence-corrected chi connectivity index (χ1v) is 8.82. The van der Waals surface area contributed by atoms with E-state index in [0.717, 1.165) is 12.8 Å². The van der Waals surface area contributed by atoms with Gasteiger partial charge in [0.15, 0.2) is 0 Å². The van der Waals surface area contributed by atoms with E-state index in [-0.39, 0.29) is 5.54 Å². The van der Waals surface area contributed by atoms with Crippen LogP contribution in [0.2, 0.25) is 0 Å². The first kappa shape index (κ1) is 16.8. The Morgan fingerprint density at radius 2 is 1.67 bits per heavy atom. The Kier molecular flexibility index (Phi) is 5.34. The SMILES string of the molecule is CNC1(CC(=O)N(C)C2CCC(C)(C)CC2)CCCCC1. The van der Waals surface area contributed by atoms with Crippen LogP contribution in [0.15, 0.2) is 0 Å². The molecule has 3 heteroatoms. The van der Waals surface area contributed by atoms with Crippen LogP contribution in [-0.2, 0) is 4.79 Å². The minimum absolute atomic E-state index is 0.0670. The molecule has 1 N–H and O–H groups in total. The van der Waals surface area contributed by atoms with Crippen LogP contribution in [0, 0.1) is 5.41 Å². The van der Waals surface area contributed by atoms with Crippen molar-refractivity contribution < 1.29 is 4.79 Å². The lowest BCUT2D eigenvalue weighted by molar-refractivity contribution is -0.135. The van der Waals surface area contributed by atoms with Crippen LogP contribution in [-0.4, -0.2) is 36.5 Å². The zero-order valence-electron chi connectivity index (χ0n) is 14.5. The fourth-order valence-corrected chi connectivity index (χ4v) is 4.13. The second-order valence-corrected chi connectivity index (χ2v) is 8.17. The second-order valence-electron chi connectivity index (χ2n) is 8.17. The highest BCUT2D eigenvalue weighted by Crippen LogP contribution is 2.37. The average molecular weight is 294 g/mol. The minimum Gasteiger partial charge on any atom is -0.343 e. The third kappa shape index (κ3) is 4.21. The molecule has 2 fully saturated rings. The Bertz CT molecular complexity index is 348. The van der Waals surface area contributed by atoms with Crippen molar-refractivity contribution in [3.05, 3.63) is 0 Å². The first-order valence-electron chi connectivity index (χ1n) is 8.82. The van der Waals surface area contributed by atoms with Gasteiger partial charge in [0, 0.05) is 25.0 Å². The maximum Gasteiger partial charge on any atom is 0.224 e. The number of carbonyl (C=O) groups is 1. The molecule has 0 bridgehead atoms. The molecule has 3 nitrogen and oxygen atoms in total. The molecule has 2 saturated carbocycles. The van der Waals surface area contributed by atoms with Crippen molar-refractivity contribution in [3.8, 4) is 0 Å². The molecule has 0 spiro atoms. The Morgan fingerprint density at radius 3 is 2.19 bits per heavy atom. The molecule has 0 aromatic heterocycles. The van der Waals surface area contributed by atoms with E-state index in [9.17, 15) is 4.79 Å². The second kappa shape index (κ2) is 6.68. The van der Waals surface area contributed by atoms with Crippen LogP contribution < -0.4 is 5.32 Å². The third-order valence-corrected chi connectivity index (χ3v) is 6.08. The third-order valence-electron chi connectivity index (χ3n) is 6.08. The number of nitrogens with zero attached hydrogens (tertiary/aromatic N) is 1. The summed E-state index contributed by atoms with van der Waals surface area (Å²) in [4.78, 5) is 14.8. The Morgan fingerprint density at radius 1 is 1.10 bits per heavy atom. The van der Waals surface area contributed by atoms with E-state index in [0.29, 0.717) is 23.8 Å². The van der Waals surface area contributed by atoms with Crippen molar-refractivity contribution >= 4 is 5.91 Å². The van der Waals surface area contributed by atoms with Crippen molar-refractivity contribution in [1.82, 2.24) is 10.2 Å². The summed E-state index contributed by atoms with van der Waals surface area (Å²) in [6.07, 6.45) is 11.7. The molecule has 0 radical (unpaired) electrons. The molecule has 0 atom stereocenters. The molecule has 2 rings (SSSR count). The van der Waals surface area contributed by atoms with Gasteiger partial charge in [-0.1, -0.05) is 33.1 Å². The van der Waals surface area contributed by atoms with Crippen LogP contribution in [0.5, 0.6) is 0 Å². The van der Waals surface area contributed by atoms with Gasteiger partial charge in [0.1, 0.15) is 0 Å². The molecule has 0 aliphatic heterocycles. The maximum atomic E-state index is 12.7. The molecule has 0 aromatic rings. The summed E-state index contributed by atoms with van der Waals surface area (Å²) in [5.74, 6) is 0.343. The maximum absolute atomic E-state index is 12.7. The number of hydrogen-bond donors (Lipinski definition) is 1. The number of nitrogens with one attached hydrogen (secondary N) is 1. The highest BCUT2D eigenvalue weighted by molar-refractivity contribution is 5.77. The molecular formula is C18H34N2O. The summed E-state index contributed by atoms with van der Waals surface area (Å²) in [5, 5.41) is 3.47. The summed E-state index contributed by atoms with van der Waals surface area (Å²) in [5.41, 5.74) is 0.535. The van der Waals surface area contributed by atoms with Gasteiger partial charge in [-0.05, 0) is 51.0 Å². The first-order chi connectivity index (χ1) is 9.87. The van der Waals surface area contributed by atoms with Gasteiger partial charge in [0.05, 0.1) is 0 Å². The van der Waals surface area contributed by atoms with E-state index in [1.54, 1.807) is 0 Å². The van der Waals surface area contributed by atoms with Crippen molar-refractivity contribution in [1.29, 1.82) is 0 Å². The van der Waals surface area contributed by atoms with Crippen molar-refractivity contribution in [2.24, 2.45) is 5.41 Å². The number of rotatable bonds is 4. The molecule has 122 valence electrons. The van der Waals surface area contributed by atoms with Gasteiger partial charge in [-0.3, -0.25) is 4.79 Å². The Labute approximate surface area is 130 Å². The van der Waals surface area contributed by atoms with E-state index >= 15 is 0 Å². The molecule has 2 aliphatic carbocycles. The Balaban J connectivity index is 1.90. The van der Waals surface area contributed by atoms with Gasteiger partial charge in [0.25, 0.3) is 0 Å². The number of carbonyl (C=O) groups excluding carboxylic acids is 1. The van der Waals surface area contributed by atoms with Crippen LogP contribution >= 0.6 is 0 Å². The summed E-state index contributed by atoms with van der Waals surface area (Å²) < 4.78 is 0. The zero-order chi connectivity index (χ0) is 15.5. The molecular weight excluding hydrogens is 260 g/mol. The number of hydrogen-bond acceptors (Lipinski definition) is 2. The van der Waals surface area contributed by atoms with Crippen molar-refractivity contribution in [2.45, 2.75) is 89.6 Å². The predicted octanol–water partition coefficient (Wildman–Crippen LogP) is 3.73. The predicted molar refractivity (Wildman–Crippen MR) is 88.3 cm³/mol. The molecule has 2 aliphatic rings. The minimum atomic E-state index is 0.0670. The van der Waals surface area contributed by atoms with Gasteiger partial charge >= 0.3 is 0 Å². The quantitative estimate of drug-likeness (QED) is 0.857. The van der Waals surface area contributed by atoms with Gasteiger partial charge in [-0.25, -0.2) is 0 Å². The molecule has 0 saturated heterocycles. The Hall–Kier alpha value is -0.570. The fourth-order valence-electron chi connectivity index (χ4n) is 4.13. The topological polar surface area (TPSA) is 32.3 Å². The standard InChI is InChI=1S/C18H34N2O/c1-17(2)12-8-15(9-13-17)20(4)16(21)14-18(19-3)10-6-5-7-11-18/h15,19H,5-14H2,1-4H3. The smallest absolute Gasteiger partial charge is 0.224 e. The van der Waals surface area contributed by atoms with E-state index in [4.69, 9.17) is 0 Å². The van der Waals surface area contributed by atoms with E-state index in [1.807, 2.05) is 14.1 Å². The van der Waals surface area contributed by atoms with E-state index in [1.165, 1.54) is 44.9 Å². The van der Waals surface area contributed by atoms with E-state index < -0.39 is 0 Å². The van der Waals surface area contributed by atoms with Crippen LogP contribution in [0.1, 0.15) is 78.1 Å².